The number of imide groups is 1. The smallest absolute Gasteiger partial charge is 0.261 e. The van der Waals surface area contributed by atoms with Crippen LogP contribution in [0.1, 0.15) is 74.4 Å². The maximum Gasteiger partial charge on any atom is 0.261 e. The van der Waals surface area contributed by atoms with E-state index in [9.17, 15) is 23.6 Å². The lowest BCUT2D eigenvalue weighted by atomic mass is 9.96. The Hall–Kier alpha value is -2.37. The number of ketones is 2. The van der Waals surface area contributed by atoms with E-state index in [1.54, 1.807) is 19.9 Å². The van der Waals surface area contributed by atoms with Crippen LogP contribution in [0.15, 0.2) is 12.1 Å². The van der Waals surface area contributed by atoms with Gasteiger partial charge in [0.25, 0.3) is 5.91 Å². The van der Waals surface area contributed by atoms with Crippen LogP contribution in [0.2, 0.25) is 0 Å². The molecule has 142 valence electrons. The number of carbonyl (C=O) groups excluding carboxylic acids is 4. The molecule has 1 atom stereocenters. The van der Waals surface area contributed by atoms with Gasteiger partial charge in [0.05, 0.1) is 6.04 Å². The predicted octanol–water partition coefficient (Wildman–Crippen LogP) is 3.57. The first-order valence-electron chi connectivity index (χ1n) is 8.74. The van der Waals surface area contributed by atoms with Gasteiger partial charge in [-0.3, -0.25) is 24.1 Å². The van der Waals surface area contributed by atoms with Crippen molar-refractivity contribution < 1.29 is 23.6 Å². The average Bonchev–Trinajstić information content (AvgIpc) is 2.58. The number of hydrogen-bond acceptors (Lipinski definition) is 4. The molecule has 0 saturated heterocycles. The number of Topliss-reactive ketones (excluding diaryl/α,β-unsaturated/α-hetero) is 2. The fourth-order valence-corrected chi connectivity index (χ4v) is 2.79. The minimum atomic E-state index is -1.04. The van der Waals surface area contributed by atoms with Crippen molar-refractivity contribution in [3.63, 3.8) is 0 Å². The quantitative estimate of drug-likeness (QED) is 0.629. The molecule has 0 fully saturated rings. The zero-order valence-corrected chi connectivity index (χ0v) is 16.0. The topological polar surface area (TPSA) is 71.5 Å². The normalized spacial score (nSPS) is 12.0. The minimum Gasteiger partial charge on any atom is -0.300 e. The first kappa shape index (κ1) is 21.7. The lowest BCUT2D eigenvalue weighted by Gasteiger charge is -2.25. The lowest BCUT2D eigenvalue weighted by molar-refractivity contribution is -0.129. The van der Waals surface area contributed by atoms with E-state index < -0.39 is 23.5 Å². The summed E-state index contributed by atoms with van der Waals surface area (Å²) in [5, 5.41) is 0. The van der Waals surface area contributed by atoms with E-state index in [0.717, 1.165) is 11.0 Å². The van der Waals surface area contributed by atoms with Crippen molar-refractivity contribution in [3.8, 4) is 0 Å². The summed E-state index contributed by atoms with van der Waals surface area (Å²) in [5.41, 5.74) is 1.04. The van der Waals surface area contributed by atoms with E-state index in [4.69, 9.17) is 0 Å². The third kappa shape index (κ3) is 5.07. The molecule has 1 aromatic rings. The molecule has 0 saturated carbocycles. The van der Waals surface area contributed by atoms with Gasteiger partial charge in [0.2, 0.25) is 6.41 Å². The molecular weight excluding hydrogens is 337 g/mol. The van der Waals surface area contributed by atoms with Crippen LogP contribution in [0.4, 0.5) is 4.39 Å². The molecule has 0 heterocycles. The highest BCUT2D eigenvalue weighted by Gasteiger charge is 2.29. The monoisotopic (exact) mass is 363 g/mol. The highest BCUT2D eigenvalue weighted by atomic mass is 19.1. The molecule has 0 bridgehead atoms. The zero-order chi connectivity index (χ0) is 20.0. The number of hydrogen-bond donors (Lipinski definition) is 0. The van der Waals surface area contributed by atoms with Crippen molar-refractivity contribution in [2.75, 3.05) is 0 Å². The van der Waals surface area contributed by atoms with Crippen LogP contribution in [0.5, 0.6) is 0 Å². The van der Waals surface area contributed by atoms with Gasteiger partial charge in [-0.1, -0.05) is 26.8 Å². The molecule has 1 unspecified atom stereocenters. The van der Waals surface area contributed by atoms with Crippen molar-refractivity contribution >= 4 is 23.9 Å². The Bertz CT molecular complexity index is 712. The van der Waals surface area contributed by atoms with Gasteiger partial charge in [0, 0.05) is 18.4 Å². The zero-order valence-electron chi connectivity index (χ0n) is 16.0. The van der Waals surface area contributed by atoms with Gasteiger partial charge in [-0.05, 0) is 43.4 Å². The van der Waals surface area contributed by atoms with Gasteiger partial charge in [-0.25, -0.2) is 4.39 Å². The van der Waals surface area contributed by atoms with Crippen molar-refractivity contribution in [2.45, 2.75) is 65.8 Å². The molecule has 0 radical (unpaired) electrons. The highest BCUT2D eigenvalue weighted by Crippen LogP contribution is 2.24. The van der Waals surface area contributed by atoms with Crippen molar-refractivity contribution in [3.05, 3.63) is 34.6 Å². The number of benzene rings is 1. The number of amides is 2. The molecule has 0 spiro atoms. The van der Waals surface area contributed by atoms with E-state index in [2.05, 4.69) is 0 Å². The Morgan fingerprint density at radius 1 is 1.23 bits per heavy atom. The summed E-state index contributed by atoms with van der Waals surface area (Å²) >= 11 is 0. The van der Waals surface area contributed by atoms with E-state index >= 15 is 0 Å². The molecule has 0 aromatic heterocycles. The van der Waals surface area contributed by atoms with Gasteiger partial charge in [-0.15, -0.1) is 0 Å². The van der Waals surface area contributed by atoms with E-state index in [-0.39, 0.29) is 36.5 Å². The number of aryl methyl sites for hydroxylation is 1. The first-order valence-corrected chi connectivity index (χ1v) is 8.74. The minimum absolute atomic E-state index is 0.0343. The highest BCUT2D eigenvalue weighted by molar-refractivity contribution is 6.04. The number of nitrogens with zero attached hydrogens (tertiary/aromatic N) is 1. The molecule has 5 nitrogen and oxygen atoms in total. The molecule has 1 aromatic carbocycles. The SMILES string of the molecule is CCC(=O)CCC(C(C)=O)N(C=O)C(=O)c1cc(F)c(C(C)C)cc1C. The fourth-order valence-electron chi connectivity index (χ4n) is 2.79. The molecule has 0 aliphatic rings. The Labute approximate surface area is 153 Å². The van der Waals surface area contributed by atoms with Gasteiger partial charge in [-0.2, -0.15) is 0 Å². The summed E-state index contributed by atoms with van der Waals surface area (Å²) in [6.07, 6.45) is 0.759. The number of carbonyl (C=O) groups is 4. The Morgan fingerprint density at radius 2 is 1.85 bits per heavy atom. The number of halogens is 1. The number of rotatable bonds is 9. The second-order valence-electron chi connectivity index (χ2n) is 6.72. The lowest BCUT2D eigenvalue weighted by Crippen LogP contribution is -2.44. The Morgan fingerprint density at radius 3 is 2.31 bits per heavy atom. The van der Waals surface area contributed by atoms with Crippen LogP contribution in [0, 0.1) is 12.7 Å². The van der Waals surface area contributed by atoms with Gasteiger partial charge >= 0.3 is 0 Å². The summed E-state index contributed by atoms with van der Waals surface area (Å²) in [4.78, 5) is 48.5. The molecule has 2 amide bonds. The summed E-state index contributed by atoms with van der Waals surface area (Å²) < 4.78 is 14.3. The first-order chi connectivity index (χ1) is 12.1. The molecule has 0 aliphatic heterocycles. The fraction of sp³-hybridized carbons (Fsp3) is 0.500. The van der Waals surface area contributed by atoms with Crippen LogP contribution < -0.4 is 0 Å². The van der Waals surface area contributed by atoms with Gasteiger partial charge < -0.3 is 0 Å². The van der Waals surface area contributed by atoms with Crippen molar-refractivity contribution in [1.29, 1.82) is 0 Å². The van der Waals surface area contributed by atoms with Gasteiger partial charge in [0.1, 0.15) is 11.6 Å². The molecule has 0 aliphatic carbocycles. The van der Waals surface area contributed by atoms with Crippen molar-refractivity contribution in [2.24, 2.45) is 0 Å². The molecule has 0 N–H and O–H groups in total. The van der Waals surface area contributed by atoms with Crippen LogP contribution in [-0.4, -0.2) is 34.8 Å². The van der Waals surface area contributed by atoms with E-state index in [0.29, 0.717) is 17.5 Å². The van der Waals surface area contributed by atoms with Crippen LogP contribution in [-0.2, 0) is 14.4 Å². The molecular formula is C20H26FNO4. The van der Waals surface area contributed by atoms with E-state index in [1.165, 1.54) is 6.92 Å². The van der Waals surface area contributed by atoms with Crippen LogP contribution >= 0.6 is 0 Å². The second kappa shape index (κ2) is 9.36. The standard InChI is InChI=1S/C20H26FNO4/c1-6-15(25)7-8-19(14(5)24)22(11-23)20(26)17-10-18(21)16(12(2)3)9-13(17)4/h9-12,19H,6-8H2,1-5H3. The van der Waals surface area contributed by atoms with Gasteiger partial charge in [0.15, 0.2) is 5.78 Å². The molecule has 6 heteroatoms. The van der Waals surface area contributed by atoms with Crippen LogP contribution in [0.25, 0.3) is 0 Å². The van der Waals surface area contributed by atoms with Crippen molar-refractivity contribution in [1.82, 2.24) is 4.90 Å². The maximum atomic E-state index is 14.3. The summed E-state index contributed by atoms with van der Waals surface area (Å²) in [5.74, 6) is -1.77. The largest absolute Gasteiger partial charge is 0.300 e. The Balaban J connectivity index is 3.21. The summed E-state index contributed by atoms with van der Waals surface area (Å²) in [6.45, 7) is 8.31. The van der Waals surface area contributed by atoms with Crippen LogP contribution in [0.3, 0.4) is 0 Å². The Kier molecular flexibility index (Phi) is 7.80. The predicted molar refractivity (Wildman–Crippen MR) is 96.5 cm³/mol. The maximum absolute atomic E-state index is 14.3. The molecule has 26 heavy (non-hydrogen) atoms. The second-order valence-corrected chi connectivity index (χ2v) is 6.72. The summed E-state index contributed by atoms with van der Waals surface area (Å²) in [6, 6.07) is 1.65. The summed E-state index contributed by atoms with van der Waals surface area (Å²) in [7, 11) is 0. The third-order valence-corrected chi connectivity index (χ3v) is 4.44. The van der Waals surface area contributed by atoms with E-state index in [1.807, 2.05) is 13.8 Å². The third-order valence-electron chi connectivity index (χ3n) is 4.44. The average molecular weight is 363 g/mol. The molecule has 1 rings (SSSR count).